The first kappa shape index (κ1) is 10.6. The van der Waals surface area contributed by atoms with Crippen LogP contribution >= 0.6 is 0 Å². The highest BCUT2D eigenvalue weighted by Crippen LogP contribution is 2.32. The molecule has 2 rings (SSSR count). The van der Waals surface area contributed by atoms with Gasteiger partial charge in [0.15, 0.2) is 0 Å². The first-order valence-electron chi connectivity index (χ1n) is 5.26. The van der Waals surface area contributed by atoms with Crippen LogP contribution in [0.1, 0.15) is 12.5 Å². The summed E-state index contributed by atoms with van der Waals surface area (Å²) in [6.45, 7) is 2.98. The van der Waals surface area contributed by atoms with Gasteiger partial charge in [0.1, 0.15) is 17.6 Å². The zero-order chi connectivity index (χ0) is 11.4. The molecular formula is C11H13N3O2. The Bertz CT molecular complexity index is 427. The maximum Gasteiger partial charge on any atom is 0.123 e. The molecule has 0 radical (unpaired) electrons. The minimum atomic E-state index is -0.0391. The van der Waals surface area contributed by atoms with E-state index in [2.05, 4.69) is 10.0 Å². The summed E-state index contributed by atoms with van der Waals surface area (Å²) >= 11 is 0. The van der Waals surface area contributed by atoms with Crippen LogP contribution in [-0.2, 0) is 6.42 Å². The summed E-state index contributed by atoms with van der Waals surface area (Å²) in [6, 6.07) is 5.77. The first-order valence-corrected chi connectivity index (χ1v) is 5.26. The summed E-state index contributed by atoms with van der Waals surface area (Å²) in [5, 5.41) is 3.52. The summed E-state index contributed by atoms with van der Waals surface area (Å²) in [4.78, 5) is 2.73. The van der Waals surface area contributed by atoms with Gasteiger partial charge in [0.25, 0.3) is 0 Å². The van der Waals surface area contributed by atoms with Gasteiger partial charge in [0, 0.05) is 16.9 Å². The average molecular weight is 219 g/mol. The highest BCUT2D eigenvalue weighted by molar-refractivity contribution is 5.43. The van der Waals surface area contributed by atoms with Gasteiger partial charge in [-0.1, -0.05) is 5.11 Å². The van der Waals surface area contributed by atoms with Crippen molar-refractivity contribution in [2.24, 2.45) is 5.11 Å². The molecule has 0 spiro atoms. The van der Waals surface area contributed by atoms with Gasteiger partial charge in [-0.05, 0) is 30.7 Å². The Labute approximate surface area is 93.6 Å². The molecule has 0 saturated heterocycles. The van der Waals surface area contributed by atoms with Crippen molar-refractivity contribution in [3.63, 3.8) is 0 Å². The lowest BCUT2D eigenvalue weighted by molar-refractivity contribution is 0.241. The van der Waals surface area contributed by atoms with Gasteiger partial charge in [0.2, 0.25) is 0 Å². The van der Waals surface area contributed by atoms with Gasteiger partial charge in [0.05, 0.1) is 13.2 Å². The lowest BCUT2D eigenvalue weighted by atomic mass is 10.1. The van der Waals surface area contributed by atoms with Crippen molar-refractivity contribution in [2.45, 2.75) is 19.4 Å². The van der Waals surface area contributed by atoms with Crippen LogP contribution in [-0.4, -0.2) is 19.3 Å². The normalized spacial score (nSPS) is 17.2. The zero-order valence-corrected chi connectivity index (χ0v) is 9.09. The highest BCUT2D eigenvalue weighted by Gasteiger charge is 2.22. The molecule has 0 aromatic heterocycles. The maximum atomic E-state index is 8.24. The Morgan fingerprint density at radius 3 is 3.25 bits per heavy atom. The molecule has 1 aromatic rings. The van der Waals surface area contributed by atoms with Gasteiger partial charge in [-0.3, -0.25) is 0 Å². The molecule has 0 fully saturated rings. The number of ether oxygens (including phenoxy) is 2. The van der Waals surface area contributed by atoms with E-state index in [1.807, 2.05) is 25.1 Å². The van der Waals surface area contributed by atoms with Gasteiger partial charge in [-0.25, -0.2) is 0 Å². The second kappa shape index (κ2) is 4.77. The molecule has 1 atom stereocenters. The first-order chi connectivity index (χ1) is 7.83. The van der Waals surface area contributed by atoms with E-state index in [0.717, 1.165) is 23.5 Å². The predicted octanol–water partition coefficient (Wildman–Crippen LogP) is 2.70. The van der Waals surface area contributed by atoms with Crippen LogP contribution in [0.15, 0.2) is 23.3 Å². The Balaban J connectivity index is 2.08. The number of nitrogens with zero attached hydrogens (tertiary/aromatic N) is 3. The number of hydrogen-bond donors (Lipinski definition) is 0. The molecule has 1 unspecified atom stereocenters. The van der Waals surface area contributed by atoms with Crippen molar-refractivity contribution >= 4 is 0 Å². The standard InChI is InChI=1S/C11H13N3O2/c1-2-15-9-3-4-11-8(5-9)6-10(16-11)7-13-14-12/h3-5,10H,2,6-7H2,1H3. The topological polar surface area (TPSA) is 67.2 Å². The summed E-state index contributed by atoms with van der Waals surface area (Å²) in [6.07, 6.45) is 0.734. The number of rotatable bonds is 4. The summed E-state index contributed by atoms with van der Waals surface area (Å²) in [7, 11) is 0. The van der Waals surface area contributed by atoms with Gasteiger partial charge in [-0.2, -0.15) is 0 Å². The van der Waals surface area contributed by atoms with Gasteiger partial charge in [-0.15, -0.1) is 0 Å². The highest BCUT2D eigenvalue weighted by atomic mass is 16.5. The fourth-order valence-corrected chi connectivity index (χ4v) is 1.78. The molecular weight excluding hydrogens is 206 g/mol. The van der Waals surface area contributed by atoms with E-state index in [1.165, 1.54) is 0 Å². The lowest BCUT2D eigenvalue weighted by Gasteiger charge is -2.06. The lowest BCUT2D eigenvalue weighted by Crippen LogP contribution is -2.16. The zero-order valence-electron chi connectivity index (χ0n) is 9.09. The van der Waals surface area contributed by atoms with Crippen molar-refractivity contribution in [1.82, 2.24) is 0 Å². The third-order valence-electron chi connectivity index (χ3n) is 2.43. The molecule has 0 bridgehead atoms. The van der Waals surface area contributed by atoms with Crippen LogP contribution in [0.5, 0.6) is 11.5 Å². The maximum absolute atomic E-state index is 8.24. The van der Waals surface area contributed by atoms with Crippen molar-refractivity contribution < 1.29 is 9.47 Å². The van der Waals surface area contributed by atoms with Crippen LogP contribution < -0.4 is 9.47 Å². The molecule has 0 aliphatic carbocycles. The Morgan fingerprint density at radius 2 is 2.50 bits per heavy atom. The second-order valence-electron chi connectivity index (χ2n) is 3.56. The minimum absolute atomic E-state index is 0.0391. The number of benzene rings is 1. The fraction of sp³-hybridized carbons (Fsp3) is 0.455. The number of fused-ring (bicyclic) bond motifs is 1. The van der Waals surface area contributed by atoms with Crippen LogP contribution in [0.4, 0.5) is 0 Å². The fourth-order valence-electron chi connectivity index (χ4n) is 1.78. The monoisotopic (exact) mass is 219 g/mol. The molecule has 1 aromatic carbocycles. The van der Waals surface area contributed by atoms with Crippen LogP contribution in [0.25, 0.3) is 10.4 Å². The molecule has 0 amide bonds. The molecule has 0 saturated carbocycles. The third kappa shape index (κ3) is 2.20. The second-order valence-corrected chi connectivity index (χ2v) is 3.56. The summed E-state index contributed by atoms with van der Waals surface area (Å²) < 4.78 is 11.0. The molecule has 0 N–H and O–H groups in total. The van der Waals surface area contributed by atoms with Crippen LogP contribution in [0.2, 0.25) is 0 Å². The Kier molecular flexibility index (Phi) is 3.17. The molecule has 1 aliphatic rings. The molecule has 84 valence electrons. The number of hydrogen-bond acceptors (Lipinski definition) is 3. The summed E-state index contributed by atoms with van der Waals surface area (Å²) in [5.41, 5.74) is 9.36. The molecule has 16 heavy (non-hydrogen) atoms. The average Bonchev–Trinajstić information content (AvgIpc) is 2.68. The van der Waals surface area contributed by atoms with Crippen molar-refractivity contribution in [1.29, 1.82) is 0 Å². The quantitative estimate of drug-likeness (QED) is 0.444. The van der Waals surface area contributed by atoms with E-state index >= 15 is 0 Å². The predicted molar refractivity (Wildman–Crippen MR) is 59.7 cm³/mol. The van der Waals surface area contributed by atoms with E-state index in [0.29, 0.717) is 13.2 Å². The van der Waals surface area contributed by atoms with Crippen molar-refractivity contribution in [3.05, 3.63) is 34.2 Å². The van der Waals surface area contributed by atoms with Crippen LogP contribution in [0, 0.1) is 0 Å². The Morgan fingerprint density at radius 1 is 1.62 bits per heavy atom. The van der Waals surface area contributed by atoms with Gasteiger partial charge >= 0.3 is 0 Å². The van der Waals surface area contributed by atoms with E-state index in [-0.39, 0.29) is 6.10 Å². The van der Waals surface area contributed by atoms with E-state index < -0.39 is 0 Å². The Hall–Kier alpha value is -1.87. The van der Waals surface area contributed by atoms with E-state index in [1.54, 1.807) is 0 Å². The van der Waals surface area contributed by atoms with E-state index in [4.69, 9.17) is 15.0 Å². The molecule has 5 heteroatoms. The van der Waals surface area contributed by atoms with Gasteiger partial charge < -0.3 is 9.47 Å². The number of azide groups is 1. The third-order valence-corrected chi connectivity index (χ3v) is 2.43. The van der Waals surface area contributed by atoms with Crippen LogP contribution in [0.3, 0.4) is 0 Å². The smallest absolute Gasteiger partial charge is 0.123 e. The minimum Gasteiger partial charge on any atom is -0.494 e. The molecule has 5 nitrogen and oxygen atoms in total. The van der Waals surface area contributed by atoms with E-state index in [9.17, 15) is 0 Å². The largest absolute Gasteiger partial charge is 0.494 e. The SMILES string of the molecule is CCOc1ccc2c(c1)CC(CN=[N+]=[N-])O2. The summed E-state index contributed by atoms with van der Waals surface area (Å²) in [5.74, 6) is 1.72. The van der Waals surface area contributed by atoms with Crippen molar-refractivity contribution in [3.8, 4) is 11.5 Å². The molecule has 1 aliphatic heterocycles. The van der Waals surface area contributed by atoms with Crippen molar-refractivity contribution in [2.75, 3.05) is 13.2 Å². The molecule has 1 heterocycles.